The van der Waals surface area contributed by atoms with Crippen molar-refractivity contribution in [2.75, 3.05) is 24.9 Å². The van der Waals surface area contributed by atoms with Crippen molar-refractivity contribution in [2.24, 2.45) is 0 Å². The molecule has 3 rings (SSSR count). The Hall–Kier alpha value is -3.87. The molecule has 0 radical (unpaired) electrons. The van der Waals surface area contributed by atoms with E-state index in [1.807, 2.05) is 18.2 Å². The van der Waals surface area contributed by atoms with Gasteiger partial charge in [0.15, 0.2) is 0 Å². The highest BCUT2D eigenvalue weighted by Gasteiger charge is 2.14. The quantitative estimate of drug-likeness (QED) is 0.685. The predicted octanol–water partition coefficient (Wildman–Crippen LogP) is 3.60. The zero-order valence-electron chi connectivity index (χ0n) is 15.4. The van der Waals surface area contributed by atoms with Crippen molar-refractivity contribution >= 4 is 23.2 Å². The van der Waals surface area contributed by atoms with Crippen molar-refractivity contribution in [3.8, 4) is 11.5 Å². The van der Waals surface area contributed by atoms with E-state index in [9.17, 15) is 9.59 Å². The van der Waals surface area contributed by atoms with Gasteiger partial charge in [0.1, 0.15) is 17.2 Å². The Labute approximate surface area is 162 Å². The third kappa shape index (κ3) is 4.45. The van der Waals surface area contributed by atoms with Crippen molar-refractivity contribution in [1.29, 1.82) is 0 Å². The number of para-hydroxylation sites is 1. The second kappa shape index (κ2) is 8.68. The first-order valence-electron chi connectivity index (χ1n) is 8.46. The molecule has 0 fully saturated rings. The average Bonchev–Trinajstić information content (AvgIpc) is 2.74. The number of pyridine rings is 1. The second-order valence-corrected chi connectivity index (χ2v) is 5.77. The molecule has 2 N–H and O–H groups in total. The Kier molecular flexibility index (Phi) is 5.86. The van der Waals surface area contributed by atoms with Gasteiger partial charge in [-0.05, 0) is 36.4 Å². The molecule has 0 saturated heterocycles. The summed E-state index contributed by atoms with van der Waals surface area (Å²) in [5, 5.41) is 5.50. The van der Waals surface area contributed by atoms with E-state index >= 15 is 0 Å². The van der Waals surface area contributed by atoms with Crippen LogP contribution in [0.25, 0.3) is 0 Å². The van der Waals surface area contributed by atoms with E-state index in [4.69, 9.17) is 9.47 Å². The molecular formula is C21H19N3O4. The van der Waals surface area contributed by atoms with Crippen LogP contribution < -0.4 is 20.1 Å². The molecule has 1 aromatic heterocycles. The highest BCUT2D eigenvalue weighted by Crippen LogP contribution is 2.29. The molecule has 7 nitrogen and oxygen atoms in total. The van der Waals surface area contributed by atoms with E-state index in [1.165, 1.54) is 25.4 Å². The number of rotatable bonds is 6. The van der Waals surface area contributed by atoms with Crippen LogP contribution in [0.5, 0.6) is 11.5 Å². The molecular weight excluding hydrogens is 358 g/mol. The highest BCUT2D eigenvalue weighted by molar-refractivity contribution is 6.08. The fourth-order valence-corrected chi connectivity index (χ4v) is 2.51. The molecule has 0 atom stereocenters. The van der Waals surface area contributed by atoms with Gasteiger partial charge in [-0.2, -0.15) is 0 Å². The number of anilines is 2. The third-order valence-corrected chi connectivity index (χ3v) is 3.94. The summed E-state index contributed by atoms with van der Waals surface area (Å²) in [7, 11) is 3.05. The Morgan fingerprint density at radius 2 is 1.64 bits per heavy atom. The summed E-state index contributed by atoms with van der Waals surface area (Å²) < 4.78 is 10.4. The number of nitrogens with one attached hydrogen (secondary N) is 2. The van der Waals surface area contributed by atoms with Crippen molar-refractivity contribution in [3.63, 3.8) is 0 Å². The van der Waals surface area contributed by atoms with E-state index in [-0.39, 0.29) is 11.6 Å². The molecule has 7 heteroatoms. The normalized spacial score (nSPS) is 10.1. The van der Waals surface area contributed by atoms with Crippen LogP contribution in [-0.4, -0.2) is 31.0 Å². The average molecular weight is 377 g/mol. The topological polar surface area (TPSA) is 89.5 Å². The molecule has 0 aliphatic rings. The lowest BCUT2D eigenvalue weighted by Crippen LogP contribution is -2.17. The Morgan fingerprint density at radius 1 is 0.857 bits per heavy atom. The first-order chi connectivity index (χ1) is 13.6. The zero-order chi connectivity index (χ0) is 19.9. The second-order valence-electron chi connectivity index (χ2n) is 5.77. The molecule has 28 heavy (non-hydrogen) atoms. The molecule has 3 aromatic rings. The van der Waals surface area contributed by atoms with Crippen LogP contribution in [0.4, 0.5) is 11.4 Å². The molecule has 0 bridgehead atoms. The van der Waals surface area contributed by atoms with Crippen molar-refractivity contribution < 1.29 is 19.1 Å². The first kappa shape index (κ1) is 18.9. The Balaban J connectivity index is 1.76. The van der Waals surface area contributed by atoms with E-state index in [0.717, 1.165) is 0 Å². The Bertz CT molecular complexity index is 990. The van der Waals surface area contributed by atoms with E-state index < -0.39 is 5.91 Å². The number of amides is 2. The number of aromatic nitrogens is 1. The number of carbonyl (C=O) groups is 2. The standard InChI is InChI=1S/C21H19N3O4/c1-27-16-8-9-17(19(13-16)28-2)24-20(25)14-10-11-22-18(12-14)21(26)23-15-6-4-3-5-7-15/h3-13H,1-2H3,(H,23,26)(H,24,25). The molecule has 0 unspecified atom stereocenters. The van der Waals surface area contributed by atoms with Crippen LogP contribution in [-0.2, 0) is 0 Å². The molecule has 0 spiro atoms. The van der Waals surface area contributed by atoms with Crippen LogP contribution in [0.2, 0.25) is 0 Å². The summed E-state index contributed by atoms with van der Waals surface area (Å²) in [5.41, 5.74) is 1.57. The minimum atomic E-state index is -0.400. The number of ether oxygens (including phenoxy) is 2. The number of nitrogens with zero attached hydrogens (tertiary/aromatic N) is 1. The summed E-state index contributed by atoms with van der Waals surface area (Å²) in [5.74, 6) is 0.282. The molecule has 2 amide bonds. The van der Waals surface area contributed by atoms with Crippen LogP contribution in [0.1, 0.15) is 20.8 Å². The highest BCUT2D eigenvalue weighted by atomic mass is 16.5. The molecule has 142 valence electrons. The van der Waals surface area contributed by atoms with Crippen molar-refractivity contribution in [2.45, 2.75) is 0 Å². The van der Waals surface area contributed by atoms with Crippen molar-refractivity contribution in [3.05, 3.63) is 78.1 Å². The number of benzene rings is 2. The zero-order valence-corrected chi connectivity index (χ0v) is 15.4. The first-order valence-corrected chi connectivity index (χ1v) is 8.46. The number of hydrogen-bond acceptors (Lipinski definition) is 5. The van der Waals surface area contributed by atoms with Gasteiger partial charge in [-0.15, -0.1) is 0 Å². The third-order valence-electron chi connectivity index (χ3n) is 3.94. The van der Waals surface area contributed by atoms with Gasteiger partial charge < -0.3 is 20.1 Å². The summed E-state index contributed by atoms with van der Waals surface area (Å²) >= 11 is 0. The molecule has 0 aliphatic carbocycles. The van der Waals surface area contributed by atoms with Gasteiger partial charge in [0.2, 0.25) is 0 Å². The predicted molar refractivity (Wildman–Crippen MR) is 106 cm³/mol. The Morgan fingerprint density at radius 3 is 2.36 bits per heavy atom. The minimum absolute atomic E-state index is 0.137. The lowest BCUT2D eigenvalue weighted by molar-refractivity contribution is 0.102. The molecule has 0 aliphatic heterocycles. The van der Waals surface area contributed by atoms with Gasteiger partial charge in [0.25, 0.3) is 11.8 Å². The van der Waals surface area contributed by atoms with E-state index in [0.29, 0.717) is 28.4 Å². The number of methoxy groups -OCH3 is 2. The van der Waals surface area contributed by atoms with Crippen molar-refractivity contribution in [1.82, 2.24) is 4.98 Å². The van der Waals surface area contributed by atoms with Crippen LogP contribution in [0, 0.1) is 0 Å². The fraction of sp³-hybridized carbons (Fsp3) is 0.0952. The molecule has 0 saturated carbocycles. The van der Waals surface area contributed by atoms with Crippen LogP contribution in [0.3, 0.4) is 0 Å². The lowest BCUT2D eigenvalue weighted by Gasteiger charge is -2.12. The SMILES string of the molecule is COc1ccc(NC(=O)c2ccnc(C(=O)Nc3ccccc3)c2)c(OC)c1. The number of carbonyl (C=O) groups excluding carboxylic acids is 2. The van der Waals surface area contributed by atoms with Crippen LogP contribution in [0.15, 0.2) is 66.9 Å². The largest absolute Gasteiger partial charge is 0.497 e. The lowest BCUT2D eigenvalue weighted by atomic mass is 10.2. The summed E-state index contributed by atoms with van der Waals surface area (Å²) in [6.45, 7) is 0. The van der Waals surface area contributed by atoms with Crippen LogP contribution >= 0.6 is 0 Å². The summed E-state index contributed by atoms with van der Waals surface area (Å²) in [4.78, 5) is 29.0. The van der Waals surface area contributed by atoms with E-state index in [1.54, 1.807) is 37.4 Å². The number of hydrogen-bond donors (Lipinski definition) is 2. The monoisotopic (exact) mass is 377 g/mol. The summed E-state index contributed by atoms with van der Waals surface area (Å²) in [6.07, 6.45) is 1.42. The van der Waals surface area contributed by atoms with E-state index in [2.05, 4.69) is 15.6 Å². The minimum Gasteiger partial charge on any atom is -0.497 e. The van der Waals surface area contributed by atoms with Gasteiger partial charge in [0, 0.05) is 23.5 Å². The maximum Gasteiger partial charge on any atom is 0.274 e. The van der Waals surface area contributed by atoms with Gasteiger partial charge in [0.05, 0.1) is 19.9 Å². The smallest absolute Gasteiger partial charge is 0.274 e. The molecule has 2 aromatic carbocycles. The van der Waals surface area contributed by atoms with Gasteiger partial charge in [-0.1, -0.05) is 18.2 Å². The van der Waals surface area contributed by atoms with Gasteiger partial charge in [-0.3, -0.25) is 14.6 Å². The molecule has 1 heterocycles. The fourth-order valence-electron chi connectivity index (χ4n) is 2.51. The maximum atomic E-state index is 12.6. The van der Waals surface area contributed by atoms with Gasteiger partial charge >= 0.3 is 0 Å². The maximum absolute atomic E-state index is 12.6. The van der Waals surface area contributed by atoms with Gasteiger partial charge in [-0.25, -0.2) is 0 Å². The summed E-state index contributed by atoms with van der Waals surface area (Å²) in [6, 6.07) is 17.0.